The molecule has 2 amide bonds. The van der Waals surface area contributed by atoms with Crippen molar-refractivity contribution >= 4 is 17.6 Å². The summed E-state index contributed by atoms with van der Waals surface area (Å²) < 4.78 is 70.2. The minimum atomic E-state index is -4.58. The van der Waals surface area contributed by atoms with Gasteiger partial charge >= 0.3 is 6.18 Å². The van der Waals surface area contributed by atoms with Gasteiger partial charge in [0, 0.05) is 29.8 Å². The fourth-order valence-corrected chi connectivity index (χ4v) is 6.80. The van der Waals surface area contributed by atoms with Crippen LogP contribution in [0.25, 0.3) is 0 Å². The molecule has 0 fully saturated rings. The lowest BCUT2D eigenvalue weighted by Crippen LogP contribution is -2.35. The third kappa shape index (κ3) is 4.70. The predicted octanol–water partition coefficient (Wildman–Crippen LogP) is 5.09. The van der Waals surface area contributed by atoms with Gasteiger partial charge in [-0.25, -0.2) is 13.8 Å². The molecule has 2 N–H and O–H groups in total. The monoisotopic (exact) mass is 608 g/mol. The molecule has 0 bridgehead atoms. The molecule has 4 heterocycles. The molecule has 4 aromatic rings. The van der Waals surface area contributed by atoms with Crippen LogP contribution in [0.3, 0.4) is 0 Å². The Morgan fingerprint density at radius 2 is 1.86 bits per heavy atom. The normalized spacial score (nSPS) is 22.2. The second kappa shape index (κ2) is 10.2. The van der Waals surface area contributed by atoms with E-state index in [1.165, 1.54) is 16.7 Å². The zero-order chi connectivity index (χ0) is 30.8. The Morgan fingerprint density at radius 3 is 2.68 bits per heavy atom. The number of hydrogen-bond acceptors (Lipinski definition) is 5. The second-order valence-corrected chi connectivity index (χ2v) is 11.6. The molecule has 0 saturated heterocycles. The Morgan fingerprint density at radius 1 is 1.05 bits per heavy atom. The minimum Gasteiger partial charge on any atom is -0.342 e. The van der Waals surface area contributed by atoms with Crippen molar-refractivity contribution < 1.29 is 31.5 Å². The maximum atomic E-state index is 14.8. The van der Waals surface area contributed by atoms with Gasteiger partial charge in [0.05, 0.1) is 11.5 Å². The summed E-state index contributed by atoms with van der Waals surface area (Å²) in [6.45, 7) is -0.111. The lowest BCUT2D eigenvalue weighted by atomic mass is 9.79. The van der Waals surface area contributed by atoms with Crippen molar-refractivity contribution in [2.45, 2.75) is 62.2 Å². The molecule has 3 atom stereocenters. The molecule has 44 heavy (non-hydrogen) atoms. The summed E-state index contributed by atoms with van der Waals surface area (Å²) in [6, 6.07) is 11.7. The molecule has 7 rings (SSSR count). The van der Waals surface area contributed by atoms with E-state index in [-0.39, 0.29) is 42.5 Å². The average Bonchev–Trinajstić information content (AvgIpc) is 3.60. The van der Waals surface area contributed by atoms with Crippen LogP contribution >= 0.6 is 0 Å². The highest BCUT2D eigenvalue weighted by atomic mass is 19.4. The summed E-state index contributed by atoms with van der Waals surface area (Å²) in [4.78, 5) is 30.9. The molecule has 2 aliphatic heterocycles. The van der Waals surface area contributed by atoms with Crippen LogP contribution in [-0.4, -0.2) is 37.7 Å². The number of fused-ring (bicyclic) bond motifs is 4. The lowest BCUT2D eigenvalue weighted by molar-refractivity contribution is -0.129. The standard InChI is InChI=1S/C31H25F5N6O2/c32-22-5-1-3-20(25(22)33)18-8-9-23(27-41-40-24(42(27)15-18)14-31(34,35)36)38-28(43)16-6-7-17-12-30(13-19(17)11-16)21-4-2-10-37-26(21)39-29(30)44/h1-7,10-11,18,23H,8-9,12-15H2,(H,38,43)(H,37,39,44)/t18-,23-,30?/m1/s1. The van der Waals surface area contributed by atoms with Crippen molar-refractivity contribution in [1.29, 1.82) is 0 Å². The highest BCUT2D eigenvalue weighted by molar-refractivity contribution is 6.06. The lowest BCUT2D eigenvalue weighted by Gasteiger charge is -2.20. The van der Waals surface area contributed by atoms with Crippen molar-refractivity contribution in [2.24, 2.45) is 0 Å². The topological polar surface area (TPSA) is 102 Å². The third-order valence-electron chi connectivity index (χ3n) is 8.90. The molecule has 13 heteroatoms. The van der Waals surface area contributed by atoms with E-state index >= 15 is 0 Å². The first-order chi connectivity index (χ1) is 21.0. The SMILES string of the molecule is O=C(N[C@@H]1CC[C@@H](c2cccc(F)c2F)Cn2c(CC(F)(F)F)nnc21)c1ccc2c(c1)CC1(C2)C(=O)Nc2ncccc21. The van der Waals surface area contributed by atoms with E-state index in [0.717, 1.165) is 22.8 Å². The number of halogens is 5. The van der Waals surface area contributed by atoms with Gasteiger partial charge in [-0.1, -0.05) is 24.3 Å². The molecule has 2 aromatic carbocycles. The maximum absolute atomic E-state index is 14.8. The summed E-state index contributed by atoms with van der Waals surface area (Å²) in [5.41, 5.74) is 2.11. The highest BCUT2D eigenvalue weighted by Gasteiger charge is 2.51. The van der Waals surface area contributed by atoms with Crippen molar-refractivity contribution in [3.05, 3.63) is 106 Å². The number of anilines is 1. The zero-order valence-corrected chi connectivity index (χ0v) is 23.1. The summed E-state index contributed by atoms with van der Waals surface area (Å²) in [5, 5.41) is 13.5. The first-order valence-electron chi connectivity index (χ1n) is 14.1. The number of nitrogens with zero attached hydrogens (tertiary/aromatic N) is 4. The van der Waals surface area contributed by atoms with Crippen LogP contribution in [0.5, 0.6) is 0 Å². The van der Waals surface area contributed by atoms with Crippen LogP contribution in [-0.2, 0) is 36.0 Å². The van der Waals surface area contributed by atoms with Gasteiger partial charge in [0.1, 0.15) is 18.1 Å². The molecular weight excluding hydrogens is 583 g/mol. The number of nitrogens with one attached hydrogen (secondary N) is 2. The number of carbonyl (C=O) groups is 2. The summed E-state index contributed by atoms with van der Waals surface area (Å²) >= 11 is 0. The Labute approximate surface area is 247 Å². The van der Waals surface area contributed by atoms with Crippen molar-refractivity contribution in [1.82, 2.24) is 25.1 Å². The number of pyridine rings is 1. The molecule has 0 saturated carbocycles. The van der Waals surface area contributed by atoms with Gasteiger partial charge in [-0.3, -0.25) is 9.59 Å². The average molecular weight is 609 g/mol. The first-order valence-corrected chi connectivity index (χ1v) is 14.1. The highest BCUT2D eigenvalue weighted by Crippen LogP contribution is 2.46. The van der Waals surface area contributed by atoms with E-state index in [4.69, 9.17) is 0 Å². The number of alkyl halides is 3. The summed E-state index contributed by atoms with van der Waals surface area (Å²) in [5.74, 6) is -3.15. The van der Waals surface area contributed by atoms with E-state index in [0.29, 0.717) is 24.2 Å². The molecule has 226 valence electrons. The van der Waals surface area contributed by atoms with Crippen LogP contribution in [0.1, 0.15) is 69.1 Å². The fraction of sp³-hybridized carbons (Fsp3) is 0.323. The van der Waals surface area contributed by atoms with Gasteiger partial charge in [0.25, 0.3) is 5.91 Å². The van der Waals surface area contributed by atoms with E-state index in [9.17, 15) is 31.5 Å². The second-order valence-electron chi connectivity index (χ2n) is 11.6. The van der Waals surface area contributed by atoms with Gasteiger partial charge < -0.3 is 15.2 Å². The minimum absolute atomic E-state index is 0.0369. The van der Waals surface area contributed by atoms with E-state index in [1.807, 2.05) is 6.07 Å². The molecule has 0 radical (unpaired) electrons. The van der Waals surface area contributed by atoms with E-state index in [1.54, 1.807) is 30.5 Å². The van der Waals surface area contributed by atoms with E-state index < -0.39 is 47.5 Å². The molecule has 1 aliphatic carbocycles. The summed E-state index contributed by atoms with van der Waals surface area (Å²) in [7, 11) is 0. The van der Waals surface area contributed by atoms with Gasteiger partial charge in [0.15, 0.2) is 17.5 Å². The van der Waals surface area contributed by atoms with E-state index in [2.05, 4.69) is 25.8 Å². The first kappa shape index (κ1) is 28.1. The number of hydrogen-bond donors (Lipinski definition) is 2. The van der Waals surface area contributed by atoms with Crippen LogP contribution in [0.4, 0.5) is 27.8 Å². The number of aromatic nitrogens is 4. The number of amides is 2. The van der Waals surface area contributed by atoms with Gasteiger partial charge in [-0.2, -0.15) is 13.2 Å². The Balaban J connectivity index is 1.17. The van der Waals surface area contributed by atoms with Crippen molar-refractivity contribution in [3.8, 4) is 0 Å². The zero-order valence-electron chi connectivity index (χ0n) is 23.1. The van der Waals surface area contributed by atoms with Gasteiger partial charge in [0.2, 0.25) is 5.91 Å². The molecular formula is C31H25F5N6O2. The quantitative estimate of drug-likeness (QED) is 0.315. The van der Waals surface area contributed by atoms with Crippen molar-refractivity contribution in [2.75, 3.05) is 5.32 Å². The predicted molar refractivity (Wildman–Crippen MR) is 147 cm³/mol. The Hall–Kier alpha value is -4.68. The molecule has 1 spiro atoms. The molecule has 2 aromatic heterocycles. The largest absolute Gasteiger partial charge is 0.396 e. The number of carbonyl (C=O) groups excluding carboxylic acids is 2. The van der Waals surface area contributed by atoms with Crippen LogP contribution in [0.15, 0.2) is 54.7 Å². The van der Waals surface area contributed by atoms with Crippen LogP contribution in [0.2, 0.25) is 0 Å². The van der Waals surface area contributed by atoms with Crippen molar-refractivity contribution in [3.63, 3.8) is 0 Å². The third-order valence-corrected chi connectivity index (χ3v) is 8.90. The number of rotatable bonds is 4. The number of benzene rings is 2. The summed E-state index contributed by atoms with van der Waals surface area (Å²) in [6.07, 6.45) is -3.04. The van der Waals surface area contributed by atoms with Crippen LogP contribution in [0, 0.1) is 11.6 Å². The maximum Gasteiger partial charge on any atom is 0.396 e. The smallest absolute Gasteiger partial charge is 0.342 e. The Kier molecular flexibility index (Phi) is 6.52. The van der Waals surface area contributed by atoms with Gasteiger partial charge in [-0.05, 0) is 66.6 Å². The molecule has 1 unspecified atom stereocenters. The Bertz CT molecular complexity index is 1820. The van der Waals surface area contributed by atoms with Crippen LogP contribution < -0.4 is 10.6 Å². The molecule has 3 aliphatic rings. The molecule has 8 nitrogen and oxygen atoms in total. The fourth-order valence-electron chi connectivity index (χ4n) is 6.80. The van der Waals surface area contributed by atoms with Gasteiger partial charge in [-0.15, -0.1) is 10.2 Å².